The topological polar surface area (TPSA) is 93.2 Å². The van der Waals surface area contributed by atoms with Gasteiger partial charge in [0.2, 0.25) is 10.0 Å². The smallest absolute Gasteiger partial charge is 0.335 e. The molecular formula is C17H21FN2O6S. The van der Waals surface area contributed by atoms with Crippen LogP contribution in [0, 0.1) is 5.82 Å². The van der Waals surface area contributed by atoms with E-state index in [9.17, 15) is 22.4 Å². The van der Waals surface area contributed by atoms with E-state index in [1.807, 2.05) is 0 Å². The Kier molecular flexibility index (Phi) is 6.08. The molecule has 1 aromatic rings. The first-order valence-corrected chi connectivity index (χ1v) is 10.1. The largest absolute Gasteiger partial charge is 0.454 e. The van der Waals surface area contributed by atoms with Gasteiger partial charge in [-0.2, -0.15) is 4.31 Å². The summed E-state index contributed by atoms with van der Waals surface area (Å²) in [6.45, 7) is 0.634. The second-order valence-corrected chi connectivity index (χ2v) is 8.29. The number of carbonyl (C=O) groups is 2. The molecule has 1 aromatic carbocycles. The number of halogens is 1. The summed E-state index contributed by atoms with van der Waals surface area (Å²) in [5, 5.41) is 0. The molecule has 0 saturated carbocycles. The summed E-state index contributed by atoms with van der Waals surface area (Å²) in [6.07, 6.45) is 0.769. The van der Waals surface area contributed by atoms with Gasteiger partial charge in [0, 0.05) is 32.8 Å². The van der Waals surface area contributed by atoms with Gasteiger partial charge < -0.3 is 14.4 Å². The van der Waals surface area contributed by atoms with Crippen molar-refractivity contribution in [2.75, 3.05) is 39.4 Å². The van der Waals surface area contributed by atoms with Gasteiger partial charge in [0.25, 0.3) is 5.91 Å². The highest BCUT2D eigenvalue weighted by molar-refractivity contribution is 7.89. The van der Waals surface area contributed by atoms with Crippen LogP contribution in [0.4, 0.5) is 4.39 Å². The van der Waals surface area contributed by atoms with Gasteiger partial charge in [-0.15, -0.1) is 0 Å². The van der Waals surface area contributed by atoms with Crippen LogP contribution in [0.1, 0.15) is 12.8 Å². The van der Waals surface area contributed by atoms with Crippen molar-refractivity contribution in [3.63, 3.8) is 0 Å². The lowest BCUT2D eigenvalue weighted by molar-refractivity contribution is -0.160. The van der Waals surface area contributed by atoms with Gasteiger partial charge in [0.15, 0.2) is 12.7 Å². The van der Waals surface area contributed by atoms with E-state index in [0.717, 1.165) is 12.5 Å². The molecule has 0 unspecified atom stereocenters. The van der Waals surface area contributed by atoms with Crippen molar-refractivity contribution in [1.82, 2.24) is 9.21 Å². The second-order valence-electron chi connectivity index (χ2n) is 6.35. The number of hydrogen-bond acceptors (Lipinski definition) is 6. The maximum absolute atomic E-state index is 13.3. The molecule has 0 N–H and O–H groups in total. The molecule has 8 nitrogen and oxygen atoms in total. The van der Waals surface area contributed by atoms with Crippen molar-refractivity contribution in [3.8, 4) is 0 Å². The molecule has 2 aliphatic heterocycles. The molecule has 27 heavy (non-hydrogen) atoms. The highest BCUT2D eigenvalue weighted by atomic mass is 32.2. The van der Waals surface area contributed by atoms with E-state index in [1.165, 1.54) is 27.4 Å². The van der Waals surface area contributed by atoms with Gasteiger partial charge in [0.1, 0.15) is 5.82 Å². The third-order valence-corrected chi connectivity index (χ3v) is 6.45. The van der Waals surface area contributed by atoms with E-state index in [0.29, 0.717) is 13.0 Å². The molecule has 3 rings (SSSR count). The van der Waals surface area contributed by atoms with Crippen LogP contribution >= 0.6 is 0 Å². The summed E-state index contributed by atoms with van der Waals surface area (Å²) in [5.74, 6) is -1.56. The monoisotopic (exact) mass is 400 g/mol. The average molecular weight is 400 g/mol. The molecule has 0 radical (unpaired) electrons. The number of hydrogen-bond donors (Lipinski definition) is 0. The summed E-state index contributed by atoms with van der Waals surface area (Å²) in [7, 11) is -3.82. The van der Waals surface area contributed by atoms with Crippen molar-refractivity contribution in [3.05, 3.63) is 30.1 Å². The number of rotatable bonds is 5. The van der Waals surface area contributed by atoms with Crippen molar-refractivity contribution in [2.24, 2.45) is 0 Å². The van der Waals surface area contributed by atoms with Crippen LogP contribution in [0.5, 0.6) is 0 Å². The van der Waals surface area contributed by atoms with E-state index in [1.54, 1.807) is 0 Å². The first-order valence-electron chi connectivity index (χ1n) is 8.69. The number of piperazine rings is 1. The summed E-state index contributed by atoms with van der Waals surface area (Å²) < 4.78 is 49.8. The fourth-order valence-corrected chi connectivity index (χ4v) is 4.49. The van der Waals surface area contributed by atoms with Gasteiger partial charge in [0.05, 0.1) is 4.90 Å². The third-order valence-electron chi connectivity index (χ3n) is 4.56. The molecule has 2 saturated heterocycles. The molecule has 0 bridgehead atoms. The molecular weight excluding hydrogens is 379 g/mol. The minimum absolute atomic E-state index is 0.0876. The van der Waals surface area contributed by atoms with Gasteiger partial charge >= 0.3 is 5.97 Å². The second kappa shape index (κ2) is 8.32. The summed E-state index contributed by atoms with van der Waals surface area (Å²) in [6, 6.07) is 4.82. The Morgan fingerprint density at radius 2 is 1.96 bits per heavy atom. The summed E-state index contributed by atoms with van der Waals surface area (Å²) >= 11 is 0. The van der Waals surface area contributed by atoms with Gasteiger partial charge in [-0.05, 0) is 31.0 Å². The molecule has 1 amide bonds. The normalized spacial score (nSPS) is 21.2. The van der Waals surface area contributed by atoms with E-state index in [2.05, 4.69) is 0 Å². The maximum atomic E-state index is 13.3. The van der Waals surface area contributed by atoms with Crippen LogP contribution in [0.2, 0.25) is 0 Å². The van der Waals surface area contributed by atoms with Gasteiger partial charge in [-0.1, -0.05) is 6.07 Å². The average Bonchev–Trinajstić information content (AvgIpc) is 3.21. The Morgan fingerprint density at radius 1 is 1.22 bits per heavy atom. The van der Waals surface area contributed by atoms with Crippen LogP contribution in [0.25, 0.3) is 0 Å². The van der Waals surface area contributed by atoms with E-state index < -0.39 is 34.5 Å². The lowest BCUT2D eigenvalue weighted by Crippen LogP contribution is -2.51. The molecule has 1 atom stereocenters. The Bertz CT molecular complexity index is 801. The zero-order valence-electron chi connectivity index (χ0n) is 14.7. The predicted octanol–water partition coefficient (Wildman–Crippen LogP) is 0.381. The number of nitrogens with zero attached hydrogens (tertiary/aromatic N) is 2. The number of benzene rings is 1. The number of amides is 1. The Labute approximate surface area is 156 Å². The number of esters is 1. The molecule has 0 aliphatic carbocycles. The fraction of sp³-hybridized carbons (Fsp3) is 0.529. The zero-order chi connectivity index (χ0) is 19.4. The highest BCUT2D eigenvalue weighted by Gasteiger charge is 2.31. The number of ether oxygens (including phenoxy) is 2. The number of sulfonamides is 1. The predicted molar refractivity (Wildman–Crippen MR) is 91.7 cm³/mol. The molecule has 148 valence electrons. The summed E-state index contributed by atoms with van der Waals surface area (Å²) in [5.41, 5.74) is 0. The minimum atomic E-state index is -3.82. The summed E-state index contributed by atoms with van der Waals surface area (Å²) in [4.78, 5) is 25.3. The van der Waals surface area contributed by atoms with Crippen LogP contribution in [-0.2, 0) is 29.1 Å². The highest BCUT2D eigenvalue weighted by Crippen LogP contribution is 2.19. The molecule has 2 fully saturated rings. The maximum Gasteiger partial charge on any atom is 0.335 e. The Balaban J connectivity index is 1.50. The third kappa shape index (κ3) is 4.63. The van der Waals surface area contributed by atoms with Gasteiger partial charge in [-0.25, -0.2) is 17.6 Å². The fourth-order valence-electron chi connectivity index (χ4n) is 3.04. The molecule has 0 aromatic heterocycles. The lowest BCUT2D eigenvalue weighted by atomic mass is 10.2. The molecule has 10 heteroatoms. The quantitative estimate of drug-likeness (QED) is 0.664. The Morgan fingerprint density at radius 3 is 2.59 bits per heavy atom. The van der Waals surface area contributed by atoms with Crippen LogP contribution in [-0.4, -0.2) is 75.0 Å². The van der Waals surface area contributed by atoms with E-state index in [-0.39, 0.29) is 37.0 Å². The van der Waals surface area contributed by atoms with Crippen molar-refractivity contribution in [1.29, 1.82) is 0 Å². The zero-order valence-corrected chi connectivity index (χ0v) is 15.5. The van der Waals surface area contributed by atoms with Crippen LogP contribution < -0.4 is 0 Å². The molecule has 0 spiro atoms. The SMILES string of the molecule is O=C(OCC(=O)N1CCN(S(=O)(=O)c2cccc(F)c2)CC1)[C@H]1CCCO1. The van der Waals surface area contributed by atoms with Crippen molar-refractivity contribution < 1.29 is 31.9 Å². The molecule has 2 aliphatic rings. The number of carbonyl (C=O) groups excluding carboxylic acids is 2. The minimum Gasteiger partial charge on any atom is -0.454 e. The van der Waals surface area contributed by atoms with Crippen LogP contribution in [0.15, 0.2) is 29.2 Å². The lowest BCUT2D eigenvalue weighted by Gasteiger charge is -2.33. The first kappa shape index (κ1) is 19.7. The van der Waals surface area contributed by atoms with Gasteiger partial charge in [-0.3, -0.25) is 4.79 Å². The molecule has 2 heterocycles. The Hall–Kier alpha value is -2.04. The van der Waals surface area contributed by atoms with Crippen LogP contribution in [0.3, 0.4) is 0 Å². The standard InChI is InChI=1S/C17H21FN2O6S/c18-13-3-1-4-14(11-13)27(23,24)20-8-6-19(7-9-20)16(21)12-26-17(22)15-5-2-10-25-15/h1,3-4,11,15H,2,5-10,12H2/t15-/m1/s1. The van der Waals surface area contributed by atoms with Crippen molar-refractivity contribution in [2.45, 2.75) is 23.8 Å². The first-order chi connectivity index (χ1) is 12.9. The van der Waals surface area contributed by atoms with E-state index >= 15 is 0 Å². The van der Waals surface area contributed by atoms with Crippen molar-refractivity contribution >= 4 is 21.9 Å². The van der Waals surface area contributed by atoms with E-state index in [4.69, 9.17) is 9.47 Å².